The number of pyridine rings is 1. The highest BCUT2D eigenvalue weighted by molar-refractivity contribution is 6.33. The Bertz CT molecular complexity index is 1650. The van der Waals surface area contributed by atoms with E-state index in [0.29, 0.717) is 38.3 Å². The molecule has 31 heavy (non-hydrogen) atoms. The normalized spacial score (nSPS) is 11.0. The number of rotatable bonds is 2. The second-order valence-corrected chi connectivity index (χ2v) is 7.42. The zero-order valence-corrected chi connectivity index (χ0v) is 16.9. The van der Waals surface area contributed by atoms with Gasteiger partial charge in [-0.1, -0.05) is 53.9 Å². The van der Waals surface area contributed by atoms with Crippen molar-refractivity contribution in [1.29, 1.82) is 0 Å². The van der Waals surface area contributed by atoms with Gasteiger partial charge in [-0.15, -0.1) is 6.42 Å². The molecular weight excluding hydrogens is 410 g/mol. The molecule has 3 aromatic carbocycles. The van der Waals surface area contributed by atoms with Crippen molar-refractivity contribution < 1.29 is 0 Å². The highest BCUT2D eigenvalue weighted by Crippen LogP contribution is 2.32. The molecule has 0 aliphatic rings. The number of halogens is 1. The SMILES string of the molecule is C#Cc1cccc(Cl)c1-c1ccc2c(=O)n(-c3cncc4ccccc34)c(=O)[nH]c2c1. The molecule has 0 saturated carbocycles. The van der Waals surface area contributed by atoms with Gasteiger partial charge in [-0.3, -0.25) is 9.78 Å². The van der Waals surface area contributed by atoms with Crippen molar-refractivity contribution in [2.75, 3.05) is 0 Å². The molecule has 2 heterocycles. The molecule has 5 aromatic rings. The highest BCUT2D eigenvalue weighted by Gasteiger charge is 2.15. The smallest absolute Gasteiger partial charge is 0.306 e. The molecule has 0 aliphatic heterocycles. The second kappa shape index (κ2) is 7.28. The maximum Gasteiger partial charge on any atom is 0.333 e. The van der Waals surface area contributed by atoms with E-state index in [1.807, 2.05) is 24.3 Å². The molecule has 148 valence electrons. The summed E-state index contributed by atoms with van der Waals surface area (Å²) in [6, 6.07) is 17.9. The van der Waals surface area contributed by atoms with E-state index in [-0.39, 0.29) is 0 Å². The number of hydrogen-bond donors (Lipinski definition) is 1. The largest absolute Gasteiger partial charge is 0.333 e. The summed E-state index contributed by atoms with van der Waals surface area (Å²) >= 11 is 6.38. The molecule has 1 N–H and O–H groups in total. The number of H-pyrrole nitrogens is 1. The molecular formula is C25H14ClN3O2. The van der Waals surface area contributed by atoms with Crippen molar-refractivity contribution in [3.63, 3.8) is 0 Å². The lowest BCUT2D eigenvalue weighted by Crippen LogP contribution is -2.33. The summed E-state index contributed by atoms with van der Waals surface area (Å²) in [5.41, 5.74) is 1.87. The van der Waals surface area contributed by atoms with Gasteiger partial charge in [0.05, 0.1) is 22.8 Å². The summed E-state index contributed by atoms with van der Waals surface area (Å²) < 4.78 is 1.11. The lowest BCUT2D eigenvalue weighted by atomic mass is 9.99. The summed E-state index contributed by atoms with van der Waals surface area (Å²) in [5.74, 6) is 2.62. The van der Waals surface area contributed by atoms with Crippen LogP contribution in [0.15, 0.2) is 82.6 Å². The molecule has 0 fully saturated rings. The Hall–Kier alpha value is -4.14. The maximum atomic E-state index is 13.3. The lowest BCUT2D eigenvalue weighted by molar-refractivity contribution is 0.902. The van der Waals surface area contributed by atoms with E-state index in [2.05, 4.69) is 15.9 Å². The fourth-order valence-electron chi connectivity index (χ4n) is 3.81. The Morgan fingerprint density at radius 2 is 1.81 bits per heavy atom. The predicted molar refractivity (Wildman–Crippen MR) is 124 cm³/mol. The molecule has 6 heteroatoms. The first-order valence-electron chi connectivity index (χ1n) is 9.46. The van der Waals surface area contributed by atoms with E-state index < -0.39 is 11.2 Å². The summed E-state index contributed by atoms with van der Waals surface area (Å²) in [7, 11) is 0. The molecule has 0 atom stereocenters. The van der Waals surface area contributed by atoms with E-state index in [0.717, 1.165) is 15.3 Å². The first-order valence-corrected chi connectivity index (χ1v) is 9.84. The average molecular weight is 424 g/mol. The van der Waals surface area contributed by atoms with Crippen LogP contribution in [0.1, 0.15) is 5.56 Å². The standard InChI is InChI=1S/C25H14ClN3O2/c1-2-15-7-5-9-20(26)23(15)16-10-11-19-21(12-16)28-25(31)29(24(19)30)22-14-27-13-17-6-3-4-8-18(17)22/h1,3-14H,(H,28,31). The van der Waals surface area contributed by atoms with E-state index in [1.54, 1.807) is 42.6 Å². The molecule has 0 radical (unpaired) electrons. The van der Waals surface area contributed by atoms with Gasteiger partial charge in [0.15, 0.2) is 0 Å². The maximum absolute atomic E-state index is 13.3. The third-order valence-corrected chi connectivity index (χ3v) is 5.56. The van der Waals surface area contributed by atoms with Crippen molar-refractivity contribution in [3.05, 3.63) is 104 Å². The number of hydrogen-bond acceptors (Lipinski definition) is 3. The van der Waals surface area contributed by atoms with Gasteiger partial charge in [0.2, 0.25) is 0 Å². The second-order valence-electron chi connectivity index (χ2n) is 7.02. The number of nitrogens with zero attached hydrogens (tertiary/aromatic N) is 2. The zero-order valence-electron chi connectivity index (χ0n) is 16.1. The van der Waals surface area contributed by atoms with Crippen molar-refractivity contribution in [1.82, 2.24) is 14.5 Å². The third-order valence-electron chi connectivity index (χ3n) is 5.24. The van der Waals surface area contributed by atoms with Crippen LogP contribution in [-0.4, -0.2) is 14.5 Å². The van der Waals surface area contributed by atoms with Gasteiger partial charge in [-0.2, -0.15) is 0 Å². The quantitative estimate of drug-likeness (QED) is 0.424. The van der Waals surface area contributed by atoms with Crippen LogP contribution in [-0.2, 0) is 0 Å². The van der Waals surface area contributed by atoms with Gasteiger partial charge in [-0.05, 0) is 29.8 Å². The van der Waals surface area contributed by atoms with Crippen LogP contribution in [0.5, 0.6) is 0 Å². The summed E-state index contributed by atoms with van der Waals surface area (Å²) in [4.78, 5) is 33.2. The first kappa shape index (κ1) is 18.9. The van der Waals surface area contributed by atoms with Crippen LogP contribution in [0.25, 0.3) is 38.5 Å². The van der Waals surface area contributed by atoms with Gasteiger partial charge < -0.3 is 4.98 Å². The van der Waals surface area contributed by atoms with Crippen LogP contribution >= 0.6 is 11.6 Å². The fraction of sp³-hybridized carbons (Fsp3) is 0. The van der Waals surface area contributed by atoms with Crippen LogP contribution in [0.3, 0.4) is 0 Å². The van der Waals surface area contributed by atoms with Crippen LogP contribution in [0, 0.1) is 12.3 Å². The number of nitrogens with one attached hydrogen (secondary N) is 1. The monoisotopic (exact) mass is 423 g/mol. The lowest BCUT2D eigenvalue weighted by Gasteiger charge is -2.11. The van der Waals surface area contributed by atoms with Gasteiger partial charge in [0.25, 0.3) is 5.56 Å². The molecule has 0 saturated heterocycles. The van der Waals surface area contributed by atoms with Gasteiger partial charge in [-0.25, -0.2) is 9.36 Å². The number of aromatic amines is 1. The number of fused-ring (bicyclic) bond motifs is 2. The Morgan fingerprint density at radius 3 is 2.65 bits per heavy atom. The predicted octanol–water partition coefficient (Wildman–Crippen LogP) is 4.53. The Kier molecular flexibility index (Phi) is 4.43. The number of benzene rings is 3. The van der Waals surface area contributed by atoms with Crippen LogP contribution in [0.4, 0.5) is 0 Å². The minimum atomic E-state index is -0.552. The van der Waals surface area contributed by atoms with Crippen molar-refractivity contribution in [2.45, 2.75) is 0 Å². The average Bonchev–Trinajstić information content (AvgIpc) is 2.78. The summed E-state index contributed by atoms with van der Waals surface area (Å²) in [6.07, 6.45) is 8.83. The molecule has 0 unspecified atom stereocenters. The van der Waals surface area contributed by atoms with E-state index in [9.17, 15) is 9.59 Å². The Morgan fingerprint density at radius 1 is 0.968 bits per heavy atom. The molecule has 2 aromatic heterocycles. The van der Waals surface area contributed by atoms with Gasteiger partial charge in [0.1, 0.15) is 0 Å². The highest BCUT2D eigenvalue weighted by atomic mass is 35.5. The van der Waals surface area contributed by atoms with E-state index in [1.165, 1.54) is 6.20 Å². The van der Waals surface area contributed by atoms with E-state index in [4.69, 9.17) is 18.0 Å². The Balaban J connectivity index is 1.78. The van der Waals surface area contributed by atoms with Crippen molar-refractivity contribution >= 4 is 33.3 Å². The summed E-state index contributed by atoms with van der Waals surface area (Å²) in [5, 5.41) is 2.45. The Labute approximate surface area is 181 Å². The van der Waals surface area contributed by atoms with Crippen LogP contribution < -0.4 is 11.2 Å². The van der Waals surface area contributed by atoms with Crippen molar-refractivity contribution in [2.24, 2.45) is 0 Å². The first-order chi connectivity index (χ1) is 15.1. The van der Waals surface area contributed by atoms with Gasteiger partial charge >= 0.3 is 5.69 Å². The molecule has 5 nitrogen and oxygen atoms in total. The fourth-order valence-corrected chi connectivity index (χ4v) is 4.09. The topological polar surface area (TPSA) is 67.8 Å². The molecule has 5 rings (SSSR count). The van der Waals surface area contributed by atoms with Crippen LogP contribution in [0.2, 0.25) is 5.02 Å². The minimum absolute atomic E-state index is 0.366. The zero-order chi connectivity index (χ0) is 21.5. The summed E-state index contributed by atoms with van der Waals surface area (Å²) in [6.45, 7) is 0. The third kappa shape index (κ3) is 3.02. The number of terminal acetylenes is 1. The molecule has 0 spiro atoms. The molecule has 0 amide bonds. The van der Waals surface area contributed by atoms with Crippen molar-refractivity contribution in [3.8, 4) is 29.2 Å². The number of aromatic nitrogens is 3. The molecule has 0 bridgehead atoms. The molecule has 0 aliphatic carbocycles. The van der Waals surface area contributed by atoms with Gasteiger partial charge in [0, 0.05) is 33.1 Å². The van der Waals surface area contributed by atoms with E-state index >= 15 is 0 Å². The minimum Gasteiger partial charge on any atom is -0.306 e.